The second-order valence-corrected chi connectivity index (χ2v) is 1.68. The molecule has 0 N–H and O–H groups in total. The van der Waals surface area contributed by atoms with Crippen LogP contribution in [0.15, 0.2) is 0 Å². The molecule has 0 heterocycles. The maximum absolute atomic E-state index is 11.3. The van der Waals surface area contributed by atoms with E-state index in [2.05, 4.69) is 6.42 Å². The van der Waals surface area contributed by atoms with Gasteiger partial charge < -0.3 is 0 Å². The van der Waals surface area contributed by atoms with Crippen molar-refractivity contribution >= 4 is 5.78 Å². The number of alkyl halides is 3. The molecule has 0 aliphatic rings. The quantitative estimate of drug-likeness (QED) is 0.431. The smallest absolute Gasteiger partial charge is 0.285 e. The first-order valence-electron chi connectivity index (χ1n) is 2.52. The molecule has 0 fully saturated rings. The first kappa shape index (κ1) is 9.02. The Kier molecular flexibility index (Phi) is 2.94. The predicted octanol–water partition coefficient (Wildman–Crippen LogP) is 1.53. The van der Waals surface area contributed by atoms with Crippen molar-refractivity contribution in [1.29, 1.82) is 0 Å². The fraction of sp³-hybridized carbons (Fsp3) is 0.500. The number of carbonyl (C=O) groups is 1. The van der Waals surface area contributed by atoms with E-state index in [1.807, 2.05) is 0 Å². The van der Waals surface area contributed by atoms with Crippen LogP contribution in [0.3, 0.4) is 0 Å². The van der Waals surface area contributed by atoms with Crippen LogP contribution in [0, 0.1) is 12.3 Å². The van der Waals surface area contributed by atoms with Crippen LogP contribution in [-0.4, -0.2) is 12.0 Å². The summed E-state index contributed by atoms with van der Waals surface area (Å²) in [4.78, 5) is 10.1. The highest BCUT2D eigenvalue weighted by molar-refractivity contribution is 5.94. The Morgan fingerprint density at radius 3 is 2.30 bits per heavy atom. The van der Waals surface area contributed by atoms with E-state index in [1.165, 1.54) is 0 Å². The molecule has 1 nitrogen and oxygen atoms in total. The molecule has 4 heteroatoms. The monoisotopic (exact) mass is 150 g/mol. The average molecular weight is 150 g/mol. The summed E-state index contributed by atoms with van der Waals surface area (Å²) in [6, 6.07) is 0. The van der Waals surface area contributed by atoms with Gasteiger partial charge in [0, 0.05) is 6.42 Å². The highest BCUT2D eigenvalue weighted by Gasteiger charge is 2.27. The van der Waals surface area contributed by atoms with Crippen molar-refractivity contribution in [1.82, 2.24) is 0 Å². The standard InChI is InChI=1S/C6H5F3O/c1-2-5(10)3-4-6(7,8)9/h1H,3-4H2. The number of hydrogen-bond donors (Lipinski definition) is 0. The van der Waals surface area contributed by atoms with Gasteiger partial charge in [-0.15, -0.1) is 6.42 Å². The minimum atomic E-state index is -4.29. The molecule has 0 spiro atoms. The molecule has 0 bridgehead atoms. The number of Topliss-reactive ketones (excluding diaryl/α,β-unsaturated/α-hetero) is 1. The number of rotatable bonds is 2. The molecule has 0 radical (unpaired) electrons. The molecule has 0 aliphatic heterocycles. The van der Waals surface area contributed by atoms with Crippen LogP contribution in [-0.2, 0) is 4.79 Å². The Bertz CT molecular complexity index is 163. The Balaban J connectivity index is 3.58. The molecule has 0 saturated heterocycles. The van der Waals surface area contributed by atoms with Crippen LogP contribution in [0.4, 0.5) is 13.2 Å². The highest BCUT2D eigenvalue weighted by atomic mass is 19.4. The van der Waals surface area contributed by atoms with E-state index >= 15 is 0 Å². The summed E-state index contributed by atoms with van der Waals surface area (Å²) in [5.41, 5.74) is 0. The van der Waals surface area contributed by atoms with Crippen LogP contribution >= 0.6 is 0 Å². The molecule has 0 aromatic heterocycles. The predicted molar refractivity (Wildman–Crippen MR) is 29.1 cm³/mol. The van der Waals surface area contributed by atoms with Crippen LogP contribution in [0.5, 0.6) is 0 Å². The summed E-state index contributed by atoms with van der Waals surface area (Å²) < 4.78 is 34.0. The van der Waals surface area contributed by atoms with Crippen molar-refractivity contribution in [3.63, 3.8) is 0 Å². The van der Waals surface area contributed by atoms with Crippen molar-refractivity contribution in [3.05, 3.63) is 0 Å². The number of carbonyl (C=O) groups excluding carboxylic acids is 1. The zero-order valence-electron chi connectivity index (χ0n) is 5.03. The number of hydrogen-bond acceptors (Lipinski definition) is 1. The van der Waals surface area contributed by atoms with Crippen LogP contribution in [0.2, 0.25) is 0 Å². The van der Waals surface area contributed by atoms with Gasteiger partial charge in [0.25, 0.3) is 0 Å². The minimum Gasteiger partial charge on any atom is -0.285 e. The summed E-state index contributed by atoms with van der Waals surface area (Å²) in [5, 5.41) is 0. The minimum absolute atomic E-state index is 0.611. The summed E-state index contributed by atoms with van der Waals surface area (Å²) in [5.74, 6) is 0.791. The van der Waals surface area contributed by atoms with E-state index in [0.29, 0.717) is 0 Å². The zero-order valence-corrected chi connectivity index (χ0v) is 5.03. The van der Waals surface area contributed by atoms with Gasteiger partial charge in [-0.3, -0.25) is 4.79 Å². The molecular formula is C6H5F3O. The van der Waals surface area contributed by atoms with Gasteiger partial charge in [-0.05, 0) is 5.92 Å². The van der Waals surface area contributed by atoms with Gasteiger partial charge in [0.2, 0.25) is 5.78 Å². The van der Waals surface area contributed by atoms with E-state index in [0.717, 1.165) is 0 Å². The topological polar surface area (TPSA) is 17.1 Å². The molecular weight excluding hydrogens is 145 g/mol. The molecule has 0 amide bonds. The van der Waals surface area contributed by atoms with Gasteiger partial charge in [-0.25, -0.2) is 0 Å². The molecule has 56 valence electrons. The Hall–Kier alpha value is -0.980. The second-order valence-electron chi connectivity index (χ2n) is 1.68. The fourth-order valence-corrected chi connectivity index (χ4v) is 0.327. The molecule has 0 saturated carbocycles. The summed E-state index contributed by atoms with van der Waals surface area (Å²) >= 11 is 0. The SMILES string of the molecule is C#CC(=O)CCC(F)(F)F. The van der Waals surface area contributed by atoms with Crippen molar-refractivity contribution < 1.29 is 18.0 Å². The third kappa shape index (κ3) is 5.16. The van der Waals surface area contributed by atoms with Gasteiger partial charge >= 0.3 is 6.18 Å². The third-order valence-electron chi connectivity index (χ3n) is 0.797. The third-order valence-corrected chi connectivity index (χ3v) is 0.797. The molecule has 10 heavy (non-hydrogen) atoms. The molecule has 0 atom stereocenters. The maximum atomic E-state index is 11.3. The number of ketones is 1. The Morgan fingerprint density at radius 1 is 1.50 bits per heavy atom. The summed E-state index contributed by atoms with van der Waals surface area (Å²) in [7, 11) is 0. The maximum Gasteiger partial charge on any atom is 0.389 e. The first-order valence-corrected chi connectivity index (χ1v) is 2.52. The van der Waals surface area contributed by atoms with Crippen LogP contribution in [0.1, 0.15) is 12.8 Å². The van der Waals surface area contributed by atoms with Crippen molar-refractivity contribution in [2.75, 3.05) is 0 Å². The normalized spacial score (nSPS) is 10.6. The lowest BCUT2D eigenvalue weighted by Crippen LogP contribution is -2.09. The molecule has 0 aromatic rings. The van der Waals surface area contributed by atoms with E-state index in [-0.39, 0.29) is 0 Å². The van der Waals surface area contributed by atoms with Crippen LogP contribution in [0.25, 0.3) is 0 Å². The second kappa shape index (κ2) is 3.25. The van der Waals surface area contributed by atoms with Gasteiger partial charge in [-0.2, -0.15) is 13.2 Å². The largest absolute Gasteiger partial charge is 0.389 e. The zero-order chi connectivity index (χ0) is 8.20. The molecule has 0 aliphatic carbocycles. The first-order chi connectivity index (χ1) is 4.45. The van der Waals surface area contributed by atoms with Gasteiger partial charge in [-0.1, -0.05) is 0 Å². The summed E-state index contributed by atoms with van der Waals surface area (Å²) in [6.45, 7) is 0. The van der Waals surface area contributed by atoms with Crippen LogP contribution < -0.4 is 0 Å². The Morgan fingerprint density at radius 2 is 2.00 bits per heavy atom. The number of terminal acetylenes is 1. The van der Waals surface area contributed by atoms with Crippen molar-refractivity contribution in [2.24, 2.45) is 0 Å². The number of halogens is 3. The fourth-order valence-electron chi connectivity index (χ4n) is 0.327. The molecule has 0 aromatic carbocycles. The lowest BCUT2D eigenvalue weighted by atomic mass is 10.2. The summed E-state index contributed by atoms with van der Waals surface area (Å²) in [6.07, 6.45) is -1.49. The van der Waals surface area contributed by atoms with E-state index < -0.39 is 24.8 Å². The van der Waals surface area contributed by atoms with E-state index in [4.69, 9.17) is 0 Å². The van der Waals surface area contributed by atoms with Crippen molar-refractivity contribution in [3.8, 4) is 12.3 Å². The van der Waals surface area contributed by atoms with E-state index in [1.54, 1.807) is 5.92 Å². The molecule has 0 unspecified atom stereocenters. The lowest BCUT2D eigenvalue weighted by molar-refractivity contribution is -0.141. The van der Waals surface area contributed by atoms with Gasteiger partial charge in [0.1, 0.15) is 0 Å². The van der Waals surface area contributed by atoms with Crippen molar-refractivity contribution in [2.45, 2.75) is 19.0 Å². The van der Waals surface area contributed by atoms with Gasteiger partial charge in [0.05, 0.1) is 6.42 Å². The van der Waals surface area contributed by atoms with E-state index in [9.17, 15) is 18.0 Å². The lowest BCUT2D eigenvalue weighted by Gasteiger charge is -2.01. The molecule has 0 rings (SSSR count). The average Bonchev–Trinajstić information content (AvgIpc) is 1.81. The highest BCUT2D eigenvalue weighted by Crippen LogP contribution is 2.20. The Labute approximate surface area is 56.2 Å². The van der Waals surface area contributed by atoms with Gasteiger partial charge in [0.15, 0.2) is 0 Å².